The molecule has 1 saturated carbocycles. The van der Waals surface area contributed by atoms with Crippen molar-refractivity contribution in [2.24, 2.45) is 0 Å². The maximum absolute atomic E-state index is 13.0. The van der Waals surface area contributed by atoms with Crippen molar-refractivity contribution >= 4 is 0 Å². The van der Waals surface area contributed by atoms with Gasteiger partial charge in [-0.3, -0.25) is 0 Å². The molecule has 2 nitrogen and oxygen atoms in total. The van der Waals surface area contributed by atoms with Crippen molar-refractivity contribution in [1.29, 1.82) is 0 Å². The third-order valence-electron chi connectivity index (χ3n) is 3.88. The van der Waals surface area contributed by atoms with E-state index in [1.807, 2.05) is 19.2 Å². The first-order valence-electron chi connectivity index (χ1n) is 6.25. The van der Waals surface area contributed by atoms with E-state index in [1.54, 1.807) is 0 Å². The number of nitrogens with one attached hydrogen (secondary N) is 1. The standard InChI is InChI=1S/C14H20FNO/c1-16-10-14(8-6-13(17)7-9-14)11-2-4-12(15)5-3-11/h2-5,13,16-17H,6-10H2,1H3. The first-order chi connectivity index (χ1) is 8.16. The Hall–Kier alpha value is -0.930. The number of hydrogen-bond acceptors (Lipinski definition) is 2. The Morgan fingerprint density at radius 3 is 2.41 bits per heavy atom. The molecule has 1 aromatic carbocycles. The molecule has 1 fully saturated rings. The van der Waals surface area contributed by atoms with E-state index in [-0.39, 0.29) is 17.3 Å². The summed E-state index contributed by atoms with van der Waals surface area (Å²) in [7, 11) is 1.94. The van der Waals surface area contributed by atoms with Gasteiger partial charge in [0.15, 0.2) is 0 Å². The first-order valence-corrected chi connectivity index (χ1v) is 6.25. The molecule has 2 rings (SSSR count). The molecule has 94 valence electrons. The number of likely N-dealkylation sites (N-methyl/N-ethyl adjacent to an activating group) is 1. The first kappa shape index (κ1) is 12.5. The van der Waals surface area contributed by atoms with Crippen LogP contribution in [0.25, 0.3) is 0 Å². The maximum Gasteiger partial charge on any atom is 0.123 e. The zero-order valence-electron chi connectivity index (χ0n) is 10.2. The fourth-order valence-electron chi connectivity index (χ4n) is 2.86. The van der Waals surface area contributed by atoms with Crippen LogP contribution in [-0.4, -0.2) is 24.8 Å². The van der Waals surface area contributed by atoms with Crippen LogP contribution >= 0.6 is 0 Å². The number of aliphatic hydroxyl groups is 1. The number of aliphatic hydroxyl groups excluding tert-OH is 1. The second-order valence-electron chi connectivity index (χ2n) is 5.05. The molecule has 1 aliphatic rings. The normalized spacial score (nSPS) is 29.2. The average molecular weight is 237 g/mol. The van der Waals surface area contributed by atoms with Gasteiger partial charge in [-0.15, -0.1) is 0 Å². The molecular formula is C14H20FNO. The molecule has 0 aromatic heterocycles. The molecule has 0 atom stereocenters. The summed E-state index contributed by atoms with van der Waals surface area (Å²) >= 11 is 0. The van der Waals surface area contributed by atoms with Gasteiger partial charge in [-0.25, -0.2) is 4.39 Å². The van der Waals surface area contributed by atoms with Gasteiger partial charge in [-0.05, 0) is 50.4 Å². The predicted octanol–water partition coefficient (Wildman–Crippen LogP) is 2.22. The van der Waals surface area contributed by atoms with Gasteiger partial charge in [0.25, 0.3) is 0 Å². The Morgan fingerprint density at radius 2 is 1.88 bits per heavy atom. The lowest BCUT2D eigenvalue weighted by atomic mass is 9.68. The zero-order chi connectivity index (χ0) is 12.3. The van der Waals surface area contributed by atoms with Crippen LogP contribution < -0.4 is 5.32 Å². The van der Waals surface area contributed by atoms with E-state index in [0.717, 1.165) is 32.2 Å². The lowest BCUT2D eigenvalue weighted by Crippen LogP contribution is -2.41. The van der Waals surface area contributed by atoms with Gasteiger partial charge in [-0.1, -0.05) is 12.1 Å². The minimum Gasteiger partial charge on any atom is -0.393 e. The third-order valence-corrected chi connectivity index (χ3v) is 3.88. The largest absolute Gasteiger partial charge is 0.393 e. The molecule has 1 aliphatic carbocycles. The van der Waals surface area contributed by atoms with Crippen molar-refractivity contribution in [1.82, 2.24) is 5.32 Å². The van der Waals surface area contributed by atoms with E-state index >= 15 is 0 Å². The fraction of sp³-hybridized carbons (Fsp3) is 0.571. The summed E-state index contributed by atoms with van der Waals surface area (Å²) < 4.78 is 13.0. The molecule has 0 bridgehead atoms. The van der Waals surface area contributed by atoms with Crippen LogP contribution in [0.1, 0.15) is 31.2 Å². The second-order valence-corrected chi connectivity index (χ2v) is 5.05. The summed E-state index contributed by atoms with van der Waals surface area (Å²) in [6.07, 6.45) is 3.42. The molecule has 0 spiro atoms. The molecule has 0 amide bonds. The van der Waals surface area contributed by atoms with Crippen LogP contribution in [0.5, 0.6) is 0 Å². The topological polar surface area (TPSA) is 32.3 Å². The van der Waals surface area contributed by atoms with Gasteiger partial charge in [0.2, 0.25) is 0 Å². The van der Waals surface area contributed by atoms with Crippen molar-refractivity contribution in [3.05, 3.63) is 35.6 Å². The van der Waals surface area contributed by atoms with E-state index in [2.05, 4.69) is 5.32 Å². The van der Waals surface area contributed by atoms with Gasteiger partial charge in [0.05, 0.1) is 6.10 Å². The van der Waals surface area contributed by atoms with Crippen LogP contribution in [0.15, 0.2) is 24.3 Å². The van der Waals surface area contributed by atoms with Crippen LogP contribution in [0.3, 0.4) is 0 Å². The summed E-state index contributed by atoms with van der Waals surface area (Å²) in [6.45, 7) is 0.880. The smallest absolute Gasteiger partial charge is 0.123 e. The molecule has 3 heteroatoms. The lowest BCUT2D eigenvalue weighted by Gasteiger charge is -2.39. The molecule has 0 radical (unpaired) electrons. The highest BCUT2D eigenvalue weighted by molar-refractivity contribution is 5.27. The molecule has 0 heterocycles. The lowest BCUT2D eigenvalue weighted by molar-refractivity contribution is 0.0952. The van der Waals surface area contributed by atoms with Crippen molar-refractivity contribution in [2.45, 2.75) is 37.2 Å². The molecule has 17 heavy (non-hydrogen) atoms. The Balaban J connectivity index is 2.24. The predicted molar refractivity (Wildman–Crippen MR) is 66.5 cm³/mol. The average Bonchev–Trinajstić information content (AvgIpc) is 2.34. The summed E-state index contributed by atoms with van der Waals surface area (Å²) in [5.41, 5.74) is 1.24. The maximum atomic E-state index is 13.0. The Bertz CT molecular complexity index is 355. The summed E-state index contributed by atoms with van der Waals surface area (Å²) in [4.78, 5) is 0. The monoisotopic (exact) mass is 237 g/mol. The number of hydrogen-bond donors (Lipinski definition) is 2. The van der Waals surface area contributed by atoms with Crippen molar-refractivity contribution < 1.29 is 9.50 Å². The van der Waals surface area contributed by atoms with Crippen molar-refractivity contribution in [3.63, 3.8) is 0 Å². The zero-order valence-corrected chi connectivity index (χ0v) is 10.2. The Morgan fingerprint density at radius 1 is 1.29 bits per heavy atom. The summed E-state index contributed by atoms with van der Waals surface area (Å²) in [5, 5.41) is 12.9. The Labute approximate surface area is 102 Å². The van der Waals surface area contributed by atoms with Crippen LogP contribution in [0, 0.1) is 5.82 Å². The molecule has 0 saturated heterocycles. The van der Waals surface area contributed by atoms with Crippen LogP contribution in [0.2, 0.25) is 0 Å². The van der Waals surface area contributed by atoms with Gasteiger partial charge in [0, 0.05) is 12.0 Å². The molecule has 0 aliphatic heterocycles. The highest BCUT2D eigenvalue weighted by Crippen LogP contribution is 2.39. The number of rotatable bonds is 3. The minimum atomic E-state index is -0.191. The van der Waals surface area contributed by atoms with Crippen LogP contribution in [0.4, 0.5) is 4.39 Å². The van der Waals surface area contributed by atoms with E-state index < -0.39 is 0 Å². The Kier molecular flexibility index (Phi) is 3.79. The van der Waals surface area contributed by atoms with Gasteiger partial charge >= 0.3 is 0 Å². The van der Waals surface area contributed by atoms with E-state index in [9.17, 15) is 9.50 Å². The molecule has 0 unspecified atom stereocenters. The highest BCUT2D eigenvalue weighted by atomic mass is 19.1. The van der Waals surface area contributed by atoms with E-state index in [0.29, 0.717) is 0 Å². The fourth-order valence-corrected chi connectivity index (χ4v) is 2.86. The van der Waals surface area contributed by atoms with Crippen molar-refractivity contribution in [3.8, 4) is 0 Å². The van der Waals surface area contributed by atoms with Crippen molar-refractivity contribution in [2.75, 3.05) is 13.6 Å². The van der Waals surface area contributed by atoms with Crippen LogP contribution in [-0.2, 0) is 5.41 Å². The number of benzene rings is 1. The quantitative estimate of drug-likeness (QED) is 0.845. The number of halogens is 1. The summed E-state index contributed by atoms with van der Waals surface area (Å²) in [6, 6.07) is 6.81. The second kappa shape index (κ2) is 5.15. The van der Waals surface area contributed by atoms with Gasteiger partial charge < -0.3 is 10.4 Å². The molecular weight excluding hydrogens is 217 g/mol. The third kappa shape index (κ3) is 2.67. The SMILES string of the molecule is CNCC1(c2ccc(F)cc2)CCC(O)CC1. The van der Waals surface area contributed by atoms with Gasteiger partial charge in [0.1, 0.15) is 5.82 Å². The summed E-state index contributed by atoms with van der Waals surface area (Å²) in [5.74, 6) is -0.191. The van der Waals surface area contributed by atoms with E-state index in [4.69, 9.17) is 0 Å². The minimum absolute atomic E-state index is 0.0572. The molecule has 2 N–H and O–H groups in total. The highest BCUT2D eigenvalue weighted by Gasteiger charge is 2.35. The molecule has 1 aromatic rings. The van der Waals surface area contributed by atoms with Gasteiger partial charge in [-0.2, -0.15) is 0 Å². The van der Waals surface area contributed by atoms with E-state index in [1.165, 1.54) is 17.7 Å².